The first-order valence-corrected chi connectivity index (χ1v) is 9.68. The molecule has 2 amide bonds. The van der Waals surface area contributed by atoms with Gasteiger partial charge in [-0.05, 0) is 37.5 Å². The van der Waals surface area contributed by atoms with E-state index < -0.39 is 6.04 Å². The van der Waals surface area contributed by atoms with E-state index in [2.05, 4.69) is 15.5 Å². The molecule has 1 atom stereocenters. The Kier molecular flexibility index (Phi) is 6.50. The van der Waals surface area contributed by atoms with E-state index in [1.54, 1.807) is 0 Å². The Hall–Kier alpha value is -2.08. The number of hydrogen-bond donors (Lipinski definition) is 2. The van der Waals surface area contributed by atoms with E-state index in [4.69, 9.17) is 4.74 Å². The van der Waals surface area contributed by atoms with Crippen LogP contribution in [0.15, 0.2) is 24.3 Å². The summed E-state index contributed by atoms with van der Waals surface area (Å²) >= 11 is 0. The van der Waals surface area contributed by atoms with Crippen molar-refractivity contribution in [2.24, 2.45) is 0 Å². The number of carbonyl (C=O) groups excluding carboxylic acids is 2. The number of hydrogen-bond acceptors (Lipinski definition) is 4. The molecule has 1 aromatic rings. The van der Waals surface area contributed by atoms with Crippen molar-refractivity contribution in [2.75, 3.05) is 19.7 Å². The predicted octanol–water partition coefficient (Wildman–Crippen LogP) is 1.83. The van der Waals surface area contributed by atoms with Crippen LogP contribution in [0.25, 0.3) is 0 Å². The van der Waals surface area contributed by atoms with Crippen LogP contribution < -0.4 is 15.4 Å². The molecule has 3 rings (SSSR count). The minimum absolute atomic E-state index is 0.0179. The first-order valence-electron chi connectivity index (χ1n) is 9.68. The van der Waals surface area contributed by atoms with E-state index in [-0.39, 0.29) is 24.3 Å². The van der Waals surface area contributed by atoms with Gasteiger partial charge < -0.3 is 15.4 Å². The fourth-order valence-electron chi connectivity index (χ4n) is 3.80. The van der Waals surface area contributed by atoms with Crippen molar-refractivity contribution >= 4 is 11.8 Å². The van der Waals surface area contributed by atoms with E-state index in [1.807, 2.05) is 31.2 Å². The standard InChI is InChI=1S/C20H29N3O3/c1-2-26-17-9-7-15(8-10-17)14-23-12-11-21-20(25)18(23)13-19(24)22-16-5-3-4-6-16/h7-10,16,18H,2-6,11-14H2,1H3,(H,21,25)(H,22,24). The fraction of sp³-hybridized carbons (Fsp3) is 0.600. The van der Waals surface area contributed by atoms with Crippen LogP contribution >= 0.6 is 0 Å². The number of nitrogens with zero attached hydrogens (tertiary/aromatic N) is 1. The van der Waals surface area contributed by atoms with Crippen molar-refractivity contribution in [3.8, 4) is 5.75 Å². The number of carbonyl (C=O) groups is 2. The third-order valence-electron chi connectivity index (χ3n) is 5.16. The van der Waals surface area contributed by atoms with Crippen LogP contribution in [0.4, 0.5) is 0 Å². The molecule has 1 unspecified atom stereocenters. The molecule has 0 radical (unpaired) electrons. The molecule has 1 heterocycles. The number of piperazine rings is 1. The molecule has 1 aliphatic heterocycles. The van der Waals surface area contributed by atoms with E-state index in [1.165, 1.54) is 12.8 Å². The molecule has 26 heavy (non-hydrogen) atoms. The topological polar surface area (TPSA) is 70.7 Å². The van der Waals surface area contributed by atoms with E-state index in [0.29, 0.717) is 19.7 Å². The molecule has 1 saturated carbocycles. The van der Waals surface area contributed by atoms with Gasteiger partial charge in [0.05, 0.1) is 19.1 Å². The highest BCUT2D eigenvalue weighted by Gasteiger charge is 2.32. The van der Waals surface area contributed by atoms with Crippen LogP contribution in [0.2, 0.25) is 0 Å². The van der Waals surface area contributed by atoms with Crippen LogP contribution in [0.1, 0.15) is 44.6 Å². The lowest BCUT2D eigenvalue weighted by Crippen LogP contribution is -2.56. The highest BCUT2D eigenvalue weighted by atomic mass is 16.5. The molecule has 6 nitrogen and oxygen atoms in total. The van der Waals surface area contributed by atoms with E-state index in [0.717, 1.165) is 30.7 Å². The van der Waals surface area contributed by atoms with Gasteiger partial charge >= 0.3 is 0 Å². The molecule has 2 aliphatic rings. The molecule has 1 saturated heterocycles. The Labute approximate surface area is 155 Å². The zero-order chi connectivity index (χ0) is 18.4. The van der Waals surface area contributed by atoms with Crippen LogP contribution in [0.5, 0.6) is 5.75 Å². The van der Waals surface area contributed by atoms with Gasteiger partial charge in [0.25, 0.3) is 0 Å². The highest BCUT2D eigenvalue weighted by Crippen LogP contribution is 2.19. The first-order chi connectivity index (χ1) is 12.7. The lowest BCUT2D eigenvalue weighted by atomic mass is 10.1. The van der Waals surface area contributed by atoms with Gasteiger partial charge in [-0.25, -0.2) is 0 Å². The summed E-state index contributed by atoms with van der Waals surface area (Å²) in [6, 6.07) is 7.82. The minimum atomic E-state index is -0.406. The Morgan fingerprint density at radius 3 is 2.69 bits per heavy atom. The quantitative estimate of drug-likeness (QED) is 0.779. The van der Waals surface area contributed by atoms with Crippen molar-refractivity contribution in [1.82, 2.24) is 15.5 Å². The second-order valence-electron chi connectivity index (χ2n) is 7.11. The zero-order valence-corrected chi connectivity index (χ0v) is 15.5. The maximum atomic E-state index is 12.4. The lowest BCUT2D eigenvalue weighted by Gasteiger charge is -2.35. The van der Waals surface area contributed by atoms with Gasteiger partial charge in [-0.2, -0.15) is 0 Å². The lowest BCUT2D eigenvalue weighted by molar-refractivity contribution is -0.134. The van der Waals surface area contributed by atoms with Crippen molar-refractivity contribution in [3.63, 3.8) is 0 Å². The van der Waals surface area contributed by atoms with Crippen LogP contribution in [0.3, 0.4) is 0 Å². The van der Waals surface area contributed by atoms with E-state index >= 15 is 0 Å². The van der Waals surface area contributed by atoms with Crippen LogP contribution in [-0.4, -0.2) is 48.5 Å². The van der Waals surface area contributed by atoms with Crippen molar-refractivity contribution in [3.05, 3.63) is 29.8 Å². The van der Waals surface area contributed by atoms with Crippen molar-refractivity contribution in [2.45, 2.75) is 57.7 Å². The highest BCUT2D eigenvalue weighted by molar-refractivity contribution is 5.88. The number of ether oxygens (including phenoxy) is 1. The Morgan fingerprint density at radius 2 is 2.00 bits per heavy atom. The van der Waals surface area contributed by atoms with Crippen LogP contribution in [0, 0.1) is 0 Å². The maximum absolute atomic E-state index is 12.4. The molecule has 0 bridgehead atoms. The van der Waals surface area contributed by atoms with Crippen molar-refractivity contribution in [1.29, 1.82) is 0 Å². The first kappa shape index (κ1) is 18.7. The molecule has 0 aromatic heterocycles. The summed E-state index contributed by atoms with van der Waals surface area (Å²) in [5.41, 5.74) is 1.12. The molecular weight excluding hydrogens is 330 g/mol. The summed E-state index contributed by atoms with van der Waals surface area (Å²) < 4.78 is 5.47. The summed E-state index contributed by atoms with van der Waals surface area (Å²) in [4.78, 5) is 26.8. The summed E-state index contributed by atoms with van der Waals surface area (Å²) in [7, 11) is 0. The third kappa shape index (κ3) is 4.97. The second-order valence-corrected chi connectivity index (χ2v) is 7.11. The molecule has 6 heteroatoms. The smallest absolute Gasteiger partial charge is 0.237 e. The third-order valence-corrected chi connectivity index (χ3v) is 5.16. The summed E-state index contributed by atoms with van der Waals surface area (Å²) in [5.74, 6) is 0.777. The summed E-state index contributed by atoms with van der Waals surface area (Å²) in [6.45, 7) is 4.63. The molecule has 142 valence electrons. The molecule has 1 aromatic carbocycles. The molecule has 2 fully saturated rings. The monoisotopic (exact) mass is 359 g/mol. The Morgan fingerprint density at radius 1 is 1.27 bits per heavy atom. The summed E-state index contributed by atoms with van der Waals surface area (Å²) in [5, 5.41) is 5.98. The fourth-order valence-corrected chi connectivity index (χ4v) is 3.80. The van der Waals surface area contributed by atoms with Gasteiger partial charge in [-0.1, -0.05) is 25.0 Å². The van der Waals surface area contributed by atoms with Crippen LogP contribution in [-0.2, 0) is 16.1 Å². The molecule has 1 aliphatic carbocycles. The van der Waals surface area contributed by atoms with Gasteiger partial charge in [0.1, 0.15) is 5.75 Å². The minimum Gasteiger partial charge on any atom is -0.494 e. The SMILES string of the molecule is CCOc1ccc(CN2CCNC(=O)C2CC(=O)NC2CCCC2)cc1. The second kappa shape index (κ2) is 9.03. The van der Waals surface area contributed by atoms with Gasteiger partial charge in [0.2, 0.25) is 11.8 Å². The number of amides is 2. The normalized spacial score (nSPS) is 21.4. The Balaban J connectivity index is 1.59. The molecule has 2 N–H and O–H groups in total. The maximum Gasteiger partial charge on any atom is 0.237 e. The van der Waals surface area contributed by atoms with Gasteiger partial charge in [-0.15, -0.1) is 0 Å². The number of nitrogens with one attached hydrogen (secondary N) is 2. The average molecular weight is 359 g/mol. The predicted molar refractivity (Wildman–Crippen MR) is 99.8 cm³/mol. The molecule has 0 spiro atoms. The van der Waals surface area contributed by atoms with Gasteiger partial charge in [0, 0.05) is 25.7 Å². The van der Waals surface area contributed by atoms with Gasteiger partial charge in [0.15, 0.2) is 0 Å². The number of rotatable bonds is 7. The average Bonchev–Trinajstić information content (AvgIpc) is 3.13. The largest absolute Gasteiger partial charge is 0.494 e. The molecular formula is C20H29N3O3. The van der Waals surface area contributed by atoms with Gasteiger partial charge in [-0.3, -0.25) is 14.5 Å². The van der Waals surface area contributed by atoms with E-state index in [9.17, 15) is 9.59 Å². The number of benzene rings is 1. The Bertz CT molecular complexity index is 611. The van der Waals surface area contributed by atoms with Crippen molar-refractivity contribution < 1.29 is 14.3 Å². The zero-order valence-electron chi connectivity index (χ0n) is 15.5. The summed E-state index contributed by atoms with van der Waals surface area (Å²) in [6.07, 6.45) is 4.69.